The molecule has 0 aromatic heterocycles. The van der Waals surface area contributed by atoms with Crippen LogP contribution in [-0.2, 0) is 19.1 Å². The minimum absolute atomic E-state index is 0.00967. The van der Waals surface area contributed by atoms with E-state index in [2.05, 4.69) is 10.2 Å². The minimum Gasteiger partial charge on any atom is -0.378 e. The molecule has 1 aromatic rings. The fourth-order valence-corrected chi connectivity index (χ4v) is 5.64. The van der Waals surface area contributed by atoms with Crippen LogP contribution >= 0.6 is 0 Å². The van der Waals surface area contributed by atoms with Gasteiger partial charge >= 0.3 is 0 Å². The zero-order valence-corrected chi connectivity index (χ0v) is 22.3. The van der Waals surface area contributed by atoms with Crippen LogP contribution in [0.3, 0.4) is 0 Å². The number of fused-ring (bicyclic) bond motifs is 1. The fraction of sp³-hybridized carbons (Fsp3) is 0.643. The van der Waals surface area contributed by atoms with Crippen molar-refractivity contribution in [2.45, 2.75) is 71.0 Å². The Morgan fingerprint density at radius 2 is 1.76 bits per heavy atom. The van der Waals surface area contributed by atoms with Crippen LogP contribution in [0, 0.1) is 5.92 Å². The SMILES string of the molecule is CCCCC(=O)N1CC(=O)C2C1CCN2C(=O)C(CC(C)C)NC(=O)c1ccc(N2CCOCC2)cc1. The van der Waals surface area contributed by atoms with Crippen LogP contribution in [0.25, 0.3) is 0 Å². The number of benzene rings is 1. The predicted octanol–water partition coefficient (Wildman–Crippen LogP) is 2.24. The van der Waals surface area contributed by atoms with Crippen molar-refractivity contribution >= 4 is 29.2 Å². The van der Waals surface area contributed by atoms with Crippen molar-refractivity contribution < 1.29 is 23.9 Å². The highest BCUT2D eigenvalue weighted by atomic mass is 16.5. The minimum atomic E-state index is -0.734. The molecule has 3 saturated heterocycles. The molecule has 1 aromatic carbocycles. The number of Topliss-reactive ketones (excluding diaryl/α,β-unsaturated/α-hetero) is 1. The average molecular weight is 513 g/mol. The molecular formula is C28H40N4O5. The molecule has 3 aliphatic rings. The molecule has 1 N–H and O–H groups in total. The van der Waals surface area contributed by atoms with Crippen LogP contribution in [-0.4, -0.2) is 90.8 Å². The molecule has 3 amide bonds. The summed E-state index contributed by atoms with van der Waals surface area (Å²) in [6, 6.07) is 5.80. The quantitative estimate of drug-likeness (QED) is 0.545. The Bertz CT molecular complexity index is 989. The first-order valence-electron chi connectivity index (χ1n) is 13.7. The molecule has 0 spiro atoms. The first-order chi connectivity index (χ1) is 17.8. The van der Waals surface area contributed by atoms with E-state index >= 15 is 0 Å². The smallest absolute Gasteiger partial charge is 0.251 e. The Hall–Kier alpha value is -2.94. The van der Waals surface area contributed by atoms with Gasteiger partial charge in [0.2, 0.25) is 11.8 Å². The van der Waals surface area contributed by atoms with E-state index in [1.165, 1.54) is 0 Å². The van der Waals surface area contributed by atoms with Gasteiger partial charge in [0.05, 0.1) is 25.8 Å². The number of anilines is 1. The molecule has 3 heterocycles. The van der Waals surface area contributed by atoms with E-state index in [0.717, 1.165) is 31.6 Å². The molecule has 0 bridgehead atoms. The van der Waals surface area contributed by atoms with Gasteiger partial charge in [0.1, 0.15) is 12.1 Å². The highest BCUT2D eigenvalue weighted by Crippen LogP contribution is 2.31. The Balaban J connectivity index is 1.43. The summed E-state index contributed by atoms with van der Waals surface area (Å²) in [5.74, 6) is -0.477. The third-order valence-corrected chi connectivity index (χ3v) is 7.59. The summed E-state index contributed by atoms with van der Waals surface area (Å²) in [6.45, 7) is 9.52. The number of ether oxygens (including phenoxy) is 1. The first-order valence-corrected chi connectivity index (χ1v) is 13.7. The molecule has 0 saturated carbocycles. The Morgan fingerprint density at radius 1 is 1.05 bits per heavy atom. The maximum absolute atomic E-state index is 13.7. The van der Waals surface area contributed by atoms with Gasteiger partial charge in [-0.05, 0) is 49.4 Å². The van der Waals surface area contributed by atoms with E-state index in [4.69, 9.17) is 4.74 Å². The van der Waals surface area contributed by atoms with Gasteiger partial charge in [0.15, 0.2) is 5.78 Å². The molecule has 3 aliphatic heterocycles. The van der Waals surface area contributed by atoms with Crippen molar-refractivity contribution in [2.75, 3.05) is 44.3 Å². The fourth-order valence-electron chi connectivity index (χ4n) is 5.64. The zero-order valence-electron chi connectivity index (χ0n) is 22.3. The monoisotopic (exact) mass is 512 g/mol. The van der Waals surface area contributed by atoms with Crippen LogP contribution in [0.4, 0.5) is 5.69 Å². The molecular weight excluding hydrogens is 472 g/mol. The zero-order chi connectivity index (χ0) is 26.5. The lowest BCUT2D eigenvalue weighted by Crippen LogP contribution is -2.53. The third-order valence-electron chi connectivity index (χ3n) is 7.59. The second kappa shape index (κ2) is 12.1. The summed E-state index contributed by atoms with van der Waals surface area (Å²) in [4.78, 5) is 57.9. The number of rotatable bonds is 9. The number of amides is 3. The maximum atomic E-state index is 13.7. The van der Waals surface area contributed by atoms with Crippen molar-refractivity contribution in [3.05, 3.63) is 29.8 Å². The number of carbonyl (C=O) groups is 4. The van der Waals surface area contributed by atoms with Crippen LogP contribution in [0.1, 0.15) is 63.2 Å². The number of likely N-dealkylation sites (tertiary alicyclic amines) is 2. The van der Waals surface area contributed by atoms with Crippen molar-refractivity contribution in [2.24, 2.45) is 5.92 Å². The van der Waals surface area contributed by atoms with Crippen molar-refractivity contribution in [3.8, 4) is 0 Å². The number of morpholine rings is 1. The summed E-state index contributed by atoms with van der Waals surface area (Å²) >= 11 is 0. The molecule has 9 heteroatoms. The summed E-state index contributed by atoms with van der Waals surface area (Å²) in [5, 5.41) is 2.94. The number of ketones is 1. The lowest BCUT2D eigenvalue weighted by atomic mass is 10.0. The first kappa shape index (κ1) is 27.1. The molecule has 3 fully saturated rings. The highest BCUT2D eigenvalue weighted by molar-refractivity contribution is 6.01. The van der Waals surface area contributed by atoms with Gasteiger partial charge in [-0.15, -0.1) is 0 Å². The summed E-state index contributed by atoms with van der Waals surface area (Å²) in [5.41, 5.74) is 1.53. The van der Waals surface area contributed by atoms with Crippen LogP contribution < -0.4 is 10.2 Å². The average Bonchev–Trinajstić information content (AvgIpc) is 3.48. The van der Waals surface area contributed by atoms with Gasteiger partial charge in [-0.2, -0.15) is 0 Å². The number of nitrogens with zero attached hydrogens (tertiary/aromatic N) is 3. The molecule has 3 atom stereocenters. The Labute approximate surface area is 219 Å². The summed E-state index contributed by atoms with van der Waals surface area (Å²) in [6.07, 6.45) is 3.19. The van der Waals surface area contributed by atoms with Crippen molar-refractivity contribution in [1.29, 1.82) is 0 Å². The van der Waals surface area contributed by atoms with Crippen LogP contribution in [0.2, 0.25) is 0 Å². The molecule has 9 nitrogen and oxygen atoms in total. The van der Waals surface area contributed by atoms with Crippen LogP contribution in [0.15, 0.2) is 24.3 Å². The normalized spacial score (nSPS) is 22.4. The lowest BCUT2D eigenvalue weighted by molar-refractivity contribution is -0.138. The van der Waals surface area contributed by atoms with E-state index in [-0.39, 0.29) is 42.0 Å². The maximum Gasteiger partial charge on any atom is 0.251 e. The van der Waals surface area contributed by atoms with Gasteiger partial charge < -0.3 is 24.8 Å². The number of carbonyl (C=O) groups excluding carboxylic acids is 4. The van der Waals surface area contributed by atoms with E-state index < -0.39 is 12.1 Å². The number of hydrogen-bond donors (Lipinski definition) is 1. The number of nitrogens with one attached hydrogen (secondary N) is 1. The van der Waals surface area contributed by atoms with Gasteiger partial charge in [-0.1, -0.05) is 27.2 Å². The van der Waals surface area contributed by atoms with Gasteiger partial charge in [-0.25, -0.2) is 0 Å². The van der Waals surface area contributed by atoms with E-state index in [1.807, 2.05) is 32.9 Å². The molecule has 202 valence electrons. The predicted molar refractivity (Wildman–Crippen MR) is 140 cm³/mol. The summed E-state index contributed by atoms with van der Waals surface area (Å²) < 4.78 is 5.41. The highest BCUT2D eigenvalue weighted by Gasteiger charge is 2.52. The lowest BCUT2D eigenvalue weighted by Gasteiger charge is -2.29. The molecule has 4 rings (SSSR count). The second-order valence-electron chi connectivity index (χ2n) is 10.7. The van der Waals surface area contributed by atoms with Crippen molar-refractivity contribution in [3.63, 3.8) is 0 Å². The van der Waals surface area contributed by atoms with Crippen LogP contribution in [0.5, 0.6) is 0 Å². The van der Waals surface area contributed by atoms with Gasteiger partial charge in [-0.3, -0.25) is 19.2 Å². The largest absolute Gasteiger partial charge is 0.378 e. The Kier molecular flexibility index (Phi) is 8.84. The van der Waals surface area contributed by atoms with E-state index in [0.29, 0.717) is 44.6 Å². The summed E-state index contributed by atoms with van der Waals surface area (Å²) in [7, 11) is 0. The molecule has 0 aliphatic carbocycles. The van der Waals surface area contributed by atoms with Gasteiger partial charge in [0.25, 0.3) is 5.91 Å². The number of hydrogen-bond acceptors (Lipinski definition) is 6. The standard InChI is InChI=1S/C28H40N4O5/c1-4-5-6-25(34)32-18-24(33)26-23(32)11-12-31(26)28(36)22(17-19(2)3)29-27(35)20-7-9-21(10-8-20)30-13-15-37-16-14-30/h7-10,19,22-23,26H,4-6,11-18H2,1-3H3,(H,29,35). The number of unbranched alkanes of at least 4 members (excludes halogenated alkanes) is 1. The Morgan fingerprint density at radius 3 is 2.41 bits per heavy atom. The van der Waals surface area contributed by atoms with Crippen molar-refractivity contribution in [1.82, 2.24) is 15.1 Å². The van der Waals surface area contributed by atoms with Gasteiger partial charge in [0, 0.05) is 37.3 Å². The second-order valence-corrected chi connectivity index (χ2v) is 10.7. The van der Waals surface area contributed by atoms with E-state index in [9.17, 15) is 19.2 Å². The third kappa shape index (κ3) is 6.14. The molecule has 3 unspecified atom stereocenters. The topological polar surface area (TPSA) is 99.3 Å². The molecule has 0 radical (unpaired) electrons. The molecule has 37 heavy (non-hydrogen) atoms. The van der Waals surface area contributed by atoms with E-state index in [1.54, 1.807) is 21.9 Å².